The molecule has 0 aromatic heterocycles. The summed E-state index contributed by atoms with van der Waals surface area (Å²) >= 11 is 1.51. The first kappa shape index (κ1) is 40.0. The number of halogens is 1. The van der Waals surface area contributed by atoms with Gasteiger partial charge in [0.25, 0.3) is 0 Å². The third-order valence-corrected chi connectivity index (χ3v) is 15.9. The van der Waals surface area contributed by atoms with Gasteiger partial charge in [0.15, 0.2) is 0 Å². The molecular formula is C47H61ClZr. The minimum absolute atomic E-state index is 0. The number of allylic oxidation sites excluding steroid dienone is 16. The van der Waals surface area contributed by atoms with Gasteiger partial charge < -0.3 is 6.42 Å². The second-order valence-electron chi connectivity index (χ2n) is 17.6. The molecule has 2 heteroatoms. The fraction of sp³-hybridized carbons (Fsp3) is 0.489. The molecular weight excluding hydrogens is 691 g/mol. The summed E-state index contributed by atoms with van der Waals surface area (Å²) in [7, 11) is 0. The monoisotopic (exact) mass is 750 g/mol. The van der Waals surface area contributed by atoms with Crippen LogP contribution in [0, 0.1) is 61.7 Å². The summed E-state index contributed by atoms with van der Waals surface area (Å²) in [5, 5.41) is 0. The number of benzene rings is 1. The quantitative estimate of drug-likeness (QED) is 0.251. The van der Waals surface area contributed by atoms with E-state index in [1.165, 1.54) is 49.7 Å². The molecule has 8 unspecified atom stereocenters. The molecule has 0 amide bonds. The summed E-state index contributed by atoms with van der Waals surface area (Å²) in [5.41, 5.74) is 6.24. The third-order valence-electron chi connectivity index (χ3n) is 15.2. The van der Waals surface area contributed by atoms with Crippen LogP contribution in [0.2, 0.25) is 0 Å². The molecule has 260 valence electrons. The number of hydrogen-bond acceptors (Lipinski definition) is 0. The van der Waals surface area contributed by atoms with E-state index in [4.69, 9.17) is 0 Å². The zero-order valence-electron chi connectivity index (χ0n) is 32.6. The molecule has 6 aliphatic rings. The van der Waals surface area contributed by atoms with E-state index in [2.05, 4.69) is 200 Å². The summed E-state index contributed by atoms with van der Waals surface area (Å²) in [6.07, 6.45) is 35.8. The Kier molecular flexibility index (Phi) is 10.8. The van der Waals surface area contributed by atoms with Crippen LogP contribution in [0.3, 0.4) is 0 Å². The van der Waals surface area contributed by atoms with Crippen molar-refractivity contribution in [3.05, 3.63) is 138 Å². The maximum absolute atomic E-state index is 3.30. The van der Waals surface area contributed by atoms with Gasteiger partial charge in [-0.05, 0) is 34.0 Å². The summed E-state index contributed by atoms with van der Waals surface area (Å²) in [5.74, 6) is 0.460. The summed E-state index contributed by atoms with van der Waals surface area (Å²) in [4.78, 5) is 0. The molecule has 0 aliphatic heterocycles. The second kappa shape index (κ2) is 13.3. The van der Waals surface area contributed by atoms with Gasteiger partial charge in [0, 0.05) is 10.8 Å². The van der Waals surface area contributed by atoms with Crippen LogP contribution in [0.1, 0.15) is 102 Å². The predicted octanol–water partition coefficient (Wildman–Crippen LogP) is 13.0. The van der Waals surface area contributed by atoms with E-state index in [0.29, 0.717) is 11.3 Å². The van der Waals surface area contributed by atoms with Crippen LogP contribution >= 0.6 is 12.4 Å². The van der Waals surface area contributed by atoms with Crippen molar-refractivity contribution in [1.82, 2.24) is 0 Å². The Bertz CT molecular complexity index is 1700. The van der Waals surface area contributed by atoms with Crippen LogP contribution in [0.5, 0.6) is 0 Å². The molecule has 7 rings (SSSR count). The predicted molar refractivity (Wildman–Crippen MR) is 212 cm³/mol. The summed E-state index contributed by atoms with van der Waals surface area (Å²) in [6, 6.07) is 10.5. The Morgan fingerprint density at radius 3 is 1.73 bits per heavy atom. The molecule has 0 saturated heterocycles. The minimum atomic E-state index is 0. The maximum Gasteiger partial charge on any atom is -0.147 e. The van der Waals surface area contributed by atoms with Gasteiger partial charge in [-0.1, -0.05) is 142 Å². The molecule has 0 radical (unpaired) electrons. The third kappa shape index (κ3) is 5.40. The van der Waals surface area contributed by atoms with Gasteiger partial charge in [-0.15, -0.1) is 36.2 Å². The van der Waals surface area contributed by atoms with Gasteiger partial charge in [0.2, 0.25) is 0 Å². The molecule has 2 saturated carbocycles. The van der Waals surface area contributed by atoms with Crippen molar-refractivity contribution in [2.24, 2.45) is 49.2 Å². The Morgan fingerprint density at radius 1 is 0.776 bits per heavy atom. The van der Waals surface area contributed by atoms with Crippen molar-refractivity contribution in [3.8, 4) is 0 Å². The molecule has 6 aliphatic carbocycles. The Morgan fingerprint density at radius 2 is 1.29 bits per heavy atom. The standard InChI is InChI=1S/C29H37.C10H15.C8H8.ClH.Zr/c1-21-14-13-15-22-20-27(6)25(4)18-10-9-16-23(25,2)24(3)17-11-12-19-26(24,5)29(27,8)28(21,22)7;1-8-5-6-9(7-8)10(2,3)4;1-2-8-6-4-3-5-7-8;;/h9-20,22H,1-8H3;7H,6H2,1-4H3;3-7H,1H3;1H;/q2*-1;;;+2. The molecule has 49 heavy (non-hydrogen) atoms. The van der Waals surface area contributed by atoms with Gasteiger partial charge in [-0.2, -0.15) is 5.57 Å². The van der Waals surface area contributed by atoms with Crippen molar-refractivity contribution in [2.45, 2.75) is 96.4 Å². The Labute approximate surface area is 321 Å². The van der Waals surface area contributed by atoms with Crippen LogP contribution in [0.4, 0.5) is 0 Å². The average Bonchev–Trinajstić information content (AvgIpc) is 3.56. The first-order valence-electron chi connectivity index (χ1n) is 18.0. The largest absolute Gasteiger partial charge is 0.147 e. The molecule has 1 aromatic rings. The van der Waals surface area contributed by atoms with E-state index < -0.39 is 0 Å². The number of fused-ring (bicyclic) bond motifs is 8. The van der Waals surface area contributed by atoms with Crippen LogP contribution in [-0.4, -0.2) is 3.21 Å². The fourth-order valence-corrected chi connectivity index (χ4v) is 11.4. The molecule has 0 spiro atoms. The molecule has 8 atom stereocenters. The van der Waals surface area contributed by atoms with Crippen LogP contribution in [0.25, 0.3) is 0 Å². The van der Waals surface area contributed by atoms with Gasteiger partial charge >= 0.3 is 70.3 Å². The molecule has 0 bridgehead atoms. The van der Waals surface area contributed by atoms with Gasteiger partial charge in [-0.25, -0.2) is 11.6 Å². The molecule has 2 fully saturated rings. The first-order valence-corrected chi connectivity index (χ1v) is 19.3. The van der Waals surface area contributed by atoms with E-state index >= 15 is 0 Å². The van der Waals surface area contributed by atoms with Gasteiger partial charge in [0.05, 0.1) is 0 Å². The van der Waals surface area contributed by atoms with Crippen molar-refractivity contribution >= 4 is 15.6 Å². The van der Waals surface area contributed by atoms with E-state index in [-0.39, 0.29) is 50.3 Å². The van der Waals surface area contributed by atoms with Crippen molar-refractivity contribution in [2.75, 3.05) is 0 Å². The zero-order valence-corrected chi connectivity index (χ0v) is 35.9. The van der Waals surface area contributed by atoms with Crippen molar-refractivity contribution < 1.29 is 24.2 Å². The number of hydrogen-bond donors (Lipinski definition) is 0. The van der Waals surface area contributed by atoms with Crippen LogP contribution in [-0.2, 0) is 24.2 Å². The second-order valence-corrected chi connectivity index (χ2v) is 19.5. The van der Waals surface area contributed by atoms with Crippen LogP contribution in [0.15, 0.2) is 120 Å². The Hall–Kier alpha value is -1.82. The summed E-state index contributed by atoms with van der Waals surface area (Å²) in [6.45, 7) is 31.3. The van der Waals surface area contributed by atoms with Gasteiger partial charge in [0.1, 0.15) is 0 Å². The van der Waals surface area contributed by atoms with E-state index in [0.717, 1.165) is 6.42 Å². The van der Waals surface area contributed by atoms with E-state index in [1.807, 2.05) is 6.07 Å². The molecule has 1 aromatic carbocycles. The number of rotatable bonds is 1. The first-order chi connectivity index (χ1) is 22.2. The van der Waals surface area contributed by atoms with Crippen molar-refractivity contribution in [1.29, 1.82) is 0 Å². The van der Waals surface area contributed by atoms with Crippen LogP contribution < -0.4 is 0 Å². The maximum atomic E-state index is 3.30. The van der Waals surface area contributed by atoms with Crippen molar-refractivity contribution in [3.63, 3.8) is 0 Å². The molecule has 0 heterocycles. The Balaban J connectivity index is 0.000000222. The fourth-order valence-electron chi connectivity index (χ4n) is 11.0. The topological polar surface area (TPSA) is 0 Å². The molecule has 0 N–H and O–H groups in total. The normalized spacial score (nSPS) is 40.5. The van der Waals surface area contributed by atoms with E-state index in [9.17, 15) is 0 Å². The van der Waals surface area contributed by atoms with Gasteiger partial charge in [-0.3, -0.25) is 6.08 Å². The SMILES string of the molecule is CC1=CC=CC2[CH-]C3(C)C4(C)C=CC=CC4(C)C4(C)C=CC=CC4(C)C3(C)C12C.CC1=[C-]CC(C(C)(C)C)=C1.C[C](=[Zr+2])c1ccccc1.Cl. The average molecular weight is 753 g/mol. The van der Waals surface area contributed by atoms with E-state index in [1.54, 1.807) is 0 Å². The zero-order chi connectivity index (χ0) is 35.6. The summed E-state index contributed by atoms with van der Waals surface area (Å²) < 4.78 is 1.46. The minimum Gasteiger partial charge on any atom is -0.147 e. The smallest absolute Gasteiger partial charge is 0.147 e. The molecule has 0 nitrogen and oxygen atoms in total.